The van der Waals surface area contributed by atoms with Gasteiger partial charge in [-0.15, -0.1) is 0 Å². The van der Waals surface area contributed by atoms with Crippen LogP contribution in [0.1, 0.15) is 65.2 Å². The zero-order valence-electron chi connectivity index (χ0n) is 14.2. The molecule has 0 amide bonds. The van der Waals surface area contributed by atoms with Gasteiger partial charge < -0.3 is 44.0 Å². The maximum Gasteiger partial charge on any atom is 0.466 e. The molecule has 0 unspecified atom stereocenters. The van der Waals surface area contributed by atoms with E-state index in [2.05, 4.69) is 13.8 Å². The van der Waals surface area contributed by atoms with Gasteiger partial charge in [0.15, 0.2) is 0 Å². The van der Waals surface area contributed by atoms with E-state index < -0.39 is 23.5 Å². The van der Waals surface area contributed by atoms with E-state index in [1.807, 2.05) is 0 Å². The van der Waals surface area contributed by atoms with Gasteiger partial charge in [0.05, 0.1) is 0 Å². The molecule has 0 saturated heterocycles. The fraction of sp³-hybridized carbons (Fsp3) is 1.00. The first kappa shape index (κ1) is 33.0. The first-order chi connectivity index (χ1) is 10.9. The van der Waals surface area contributed by atoms with Gasteiger partial charge in [0.2, 0.25) is 0 Å². The molecule has 15 heteroatoms. The first-order valence-electron chi connectivity index (χ1n) is 7.26. The van der Waals surface area contributed by atoms with Gasteiger partial charge in [-0.25, -0.2) is 13.7 Å². The Labute approximate surface area is 147 Å². The standard InChI is InChI=1S/C10H22.3H3O4P/c1-3-5-7-9-10-8-6-4-2;3*1-5(2,3)4/h3-10H2,1-2H3;3*(H3,1,2,3,4). The summed E-state index contributed by atoms with van der Waals surface area (Å²) in [5.41, 5.74) is 0. The number of hydrogen-bond acceptors (Lipinski definition) is 3. The van der Waals surface area contributed by atoms with E-state index in [1.165, 1.54) is 51.4 Å². The highest BCUT2D eigenvalue weighted by Crippen LogP contribution is 2.26. The number of hydrogen-bond donors (Lipinski definition) is 9. The molecule has 0 bridgehead atoms. The Morgan fingerprint density at radius 3 is 0.680 bits per heavy atom. The van der Waals surface area contributed by atoms with Crippen LogP contribution in [0, 0.1) is 0 Å². The van der Waals surface area contributed by atoms with Crippen LogP contribution in [0.4, 0.5) is 0 Å². The van der Waals surface area contributed by atoms with Gasteiger partial charge in [-0.3, -0.25) is 0 Å². The Morgan fingerprint density at radius 2 is 0.560 bits per heavy atom. The van der Waals surface area contributed by atoms with Gasteiger partial charge in [-0.1, -0.05) is 65.2 Å². The fourth-order valence-corrected chi connectivity index (χ4v) is 1.21. The summed E-state index contributed by atoms with van der Waals surface area (Å²) in [6.07, 6.45) is 11.5. The van der Waals surface area contributed by atoms with Crippen LogP contribution in [0.5, 0.6) is 0 Å². The number of rotatable bonds is 7. The van der Waals surface area contributed by atoms with E-state index in [-0.39, 0.29) is 0 Å². The Morgan fingerprint density at radius 1 is 0.440 bits per heavy atom. The molecule has 0 rings (SSSR count). The highest BCUT2D eigenvalue weighted by atomic mass is 31.2. The lowest BCUT2D eigenvalue weighted by molar-refractivity contribution is 0.272. The van der Waals surface area contributed by atoms with E-state index >= 15 is 0 Å². The lowest BCUT2D eigenvalue weighted by Gasteiger charge is -1.97. The third kappa shape index (κ3) is 226. The zero-order valence-corrected chi connectivity index (χ0v) is 16.9. The summed E-state index contributed by atoms with van der Waals surface area (Å²) in [6.45, 7) is 4.54. The minimum atomic E-state index is -4.64. The largest absolute Gasteiger partial charge is 0.466 e. The predicted molar refractivity (Wildman–Crippen MR) is 91.1 cm³/mol. The van der Waals surface area contributed by atoms with E-state index in [1.54, 1.807) is 0 Å². The molecule has 0 heterocycles. The van der Waals surface area contributed by atoms with E-state index in [4.69, 9.17) is 57.7 Å². The summed E-state index contributed by atoms with van der Waals surface area (Å²) >= 11 is 0. The van der Waals surface area contributed by atoms with Crippen molar-refractivity contribution in [1.82, 2.24) is 0 Å². The van der Waals surface area contributed by atoms with Gasteiger partial charge in [-0.2, -0.15) is 0 Å². The van der Waals surface area contributed by atoms with Crippen molar-refractivity contribution in [3.63, 3.8) is 0 Å². The molecule has 9 N–H and O–H groups in total. The smallest absolute Gasteiger partial charge is 0.303 e. The molecule has 0 aromatic heterocycles. The van der Waals surface area contributed by atoms with Crippen LogP contribution in [0.15, 0.2) is 0 Å². The molecule has 0 aliphatic rings. The van der Waals surface area contributed by atoms with Gasteiger partial charge >= 0.3 is 23.5 Å². The Hall–Kier alpha value is 0.330. The third-order valence-corrected chi connectivity index (χ3v) is 1.96. The fourth-order valence-electron chi connectivity index (χ4n) is 1.21. The topological polar surface area (TPSA) is 233 Å². The van der Waals surface area contributed by atoms with Crippen molar-refractivity contribution in [3.05, 3.63) is 0 Å². The second-order valence-corrected chi connectivity index (χ2v) is 7.74. The molecule has 0 aromatic rings. The molecule has 25 heavy (non-hydrogen) atoms. The average molecular weight is 436 g/mol. The van der Waals surface area contributed by atoms with Crippen LogP contribution >= 0.6 is 23.5 Å². The van der Waals surface area contributed by atoms with E-state index in [0.29, 0.717) is 0 Å². The monoisotopic (exact) mass is 436 g/mol. The molecule has 0 aliphatic carbocycles. The summed E-state index contributed by atoms with van der Waals surface area (Å²) < 4.78 is 26.6. The molecular formula is C10H31O12P3. The molecule has 0 spiro atoms. The average Bonchev–Trinajstić information content (AvgIpc) is 2.27. The van der Waals surface area contributed by atoms with Crippen molar-refractivity contribution in [2.45, 2.75) is 65.2 Å². The van der Waals surface area contributed by atoms with Crippen molar-refractivity contribution < 1.29 is 57.7 Å². The summed E-state index contributed by atoms with van der Waals surface area (Å²) in [5, 5.41) is 0. The first-order valence-corrected chi connectivity index (χ1v) is 12.0. The minimum Gasteiger partial charge on any atom is -0.303 e. The summed E-state index contributed by atoms with van der Waals surface area (Å²) in [4.78, 5) is 64.7. The predicted octanol–water partition coefficient (Wildman–Crippen LogP) is 1.36. The molecule has 0 fully saturated rings. The second-order valence-electron chi connectivity index (χ2n) is 4.66. The molecule has 12 nitrogen and oxygen atoms in total. The maximum atomic E-state index is 8.88. The molecule has 0 saturated carbocycles. The lowest BCUT2D eigenvalue weighted by Crippen LogP contribution is -1.77. The molecular weight excluding hydrogens is 405 g/mol. The van der Waals surface area contributed by atoms with Crippen LogP contribution < -0.4 is 0 Å². The quantitative estimate of drug-likeness (QED) is 0.203. The molecule has 0 radical (unpaired) electrons. The van der Waals surface area contributed by atoms with Crippen LogP contribution in [0.3, 0.4) is 0 Å². The SMILES string of the molecule is CCCCCCCCCC.O=P(O)(O)O.O=P(O)(O)O.O=P(O)(O)O. The second kappa shape index (κ2) is 19.1. The van der Waals surface area contributed by atoms with E-state index in [9.17, 15) is 0 Å². The highest BCUT2D eigenvalue weighted by molar-refractivity contribution is 7.45. The van der Waals surface area contributed by atoms with Crippen molar-refractivity contribution in [2.24, 2.45) is 0 Å². The highest BCUT2D eigenvalue weighted by Gasteiger charge is 2.01. The maximum absolute atomic E-state index is 8.88. The zero-order chi connectivity index (χ0) is 21.2. The van der Waals surface area contributed by atoms with Crippen molar-refractivity contribution in [3.8, 4) is 0 Å². The summed E-state index contributed by atoms with van der Waals surface area (Å²) in [6, 6.07) is 0. The Kier molecular flexibility index (Phi) is 25.2. The molecule has 0 aromatic carbocycles. The van der Waals surface area contributed by atoms with Gasteiger partial charge in [-0.05, 0) is 0 Å². The molecule has 0 aliphatic heterocycles. The molecule has 0 atom stereocenters. The molecule has 158 valence electrons. The number of unbranched alkanes of at least 4 members (excludes halogenated alkanes) is 7. The number of phosphoric acid groups is 3. The summed E-state index contributed by atoms with van der Waals surface area (Å²) in [5.74, 6) is 0. The van der Waals surface area contributed by atoms with Crippen LogP contribution in [0.25, 0.3) is 0 Å². The minimum absolute atomic E-state index is 1.37. The van der Waals surface area contributed by atoms with Crippen molar-refractivity contribution in [1.29, 1.82) is 0 Å². The van der Waals surface area contributed by atoms with Crippen molar-refractivity contribution >= 4 is 23.5 Å². The van der Waals surface area contributed by atoms with E-state index in [0.717, 1.165) is 0 Å². The van der Waals surface area contributed by atoms with Gasteiger partial charge in [0.1, 0.15) is 0 Å². The van der Waals surface area contributed by atoms with Crippen LogP contribution in [-0.4, -0.2) is 44.0 Å². The lowest BCUT2D eigenvalue weighted by atomic mass is 10.1. The Balaban J connectivity index is -0.000000126. The Bertz CT molecular complexity index is 318. The van der Waals surface area contributed by atoms with Gasteiger partial charge in [0.25, 0.3) is 0 Å². The summed E-state index contributed by atoms with van der Waals surface area (Å²) in [7, 11) is -13.9. The van der Waals surface area contributed by atoms with Crippen LogP contribution in [-0.2, 0) is 13.7 Å². The van der Waals surface area contributed by atoms with Crippen molar-refractivity contribution in [2.75, 3.05) is 0 Å². The van der Waals surface area contributed by atoms with Gasteiger partial charge in [0, 0.05) is 0 Å². The normalized spacial score (nSPS) is 11.2. The van der Waals surface area contributed by atoms with Crippen LogP contribution in [0.2, 0.25) is 0 Å². The third-order valence-electron chi connectivity index (χ3n) is 1.96.